The molecule has 0 aromatic heterocycles. The molecule has 1 heteroatoms. The molecule has 0 N–H and O–H groups in total. The summed E-state index contributed by atoms with van der Waals surface area (Å²) in [5.41, 5.74) is 0. The quantitative estimate of drug-likeness (QED) is 0.597. The Balaban J connectivity index is 4.06. The molecule has 0 atom stereocenters. The first-order chi connectivity index (χ1) is 5.79. The van der Waals surface area contributed by atoms with E-state index in [1.165, 1.54) is 19.3 Å². The van der Waals surface area contributed by atoms with Gasteiger partial charge in [0.2, 0.25) is 0 Å². The molecule has 0 aromatic carbocycles. The van der Waals surface area contributed by atoms with Crippen LogP contribution in [0.1, 0.15) is 47.0 Å². The number of hydrogen-bond donors (Lipinski definition) is 0. The van der Waals surface area contributed by atoms with Gasteiger partial charge in [0.15, 0.2) is 0 Å². The van der Waals surface area contributed by atoms with E-state index in [0.29, 0.717) is 0 Å². The molecule has 0 rings (SSSR count). The van der Waals surface area contributed by atoms with Crippen molar-refractivity contribution in [2.75, 3.05) is 0 Å². The molecular weight excluding hydrogens is 205 g/mol. The normalized spacial score (nSPS) is 12.6. The summed E-state index contributed by atoms with van der Waals surface area (Å²) in [5.74, 6) is 0. The van der Waals surface area contributed by atoms with Crippen LogP contribution < -0.4 is 0 Å². The first-order valence-corrected chi connectivity index (χ1v) is 9.31. The van der Waals surface area contributed by atoms with E-state index >= 15 is 0 Å². The fraction of sp³-hybridized carbons (Fsp3) is 0.818. The molecule has 0 heterocycles. The van der Waals surface area contributed by atoms with Crippen LogP contribution in [0.5, 0.6) is 0 Å². The summed E-state index contributed by atoms with van der Waals surface area (Å²) in [6, 6.07) is 0. The Bertz CT molecular complexity index is 121. The number of hydrogen-bond acceptors (Lipinski definition) is 0. The second kappa shape index (κ2) is 7.91. The second-order valence-corrected chi connectivity index (χ2v) is 9.25. The molecule has 0 aliphatic rings. The maximum atomic E-state index is 2.39. The third-order valence-corrected chi connectivity index (χ3v) is 10.2. The van der Waals surface area contributed by atoms with Gasteiger partial charge in [-0.2, -0.15) is 0 Å². The maximum absolute atomic E-state index is 2.39. The molecule has 0 aliphatic heterocycles. The van der Waals surface area contributed by atoms with Crippen molar-refractivity contribution in [1.29, 1.82) is 0 Å². The third kappa shape index (κ3) is 4.34. The van der Waals surface area contributed by atoms with E-state index in [0.717, 1.165) is 0 Å². The fourth-order valence-electron chi connectivity index (χ4n) is 1.71. The van der Waals surface area contributed by atoms with E-state index in [4.69, 9.17) is 0 Å². The molecule has 1 radical (unpaired) electrons. The predicted molar refractivity (Wildman–Crippen MR) is 60.0 cm³/mol. The van der Waals surface area contributed by atoms with Crippen LogP contribution in [-0.4, -0.2) is 14.3 Å². The van der Waals surface area contributed by atoms with Gasteiger partial charge in [-0.3, -0.25) is 0 Å². The van der Waals surface area contributed by atoms with Gasteiger partial charge >= 0.3 is 82.3 Å². The van der Waals surface area contributed by atoms with Crippen molar-refractivity contribution in [1.82, 2.24) is 0 Å². The molecule has 12 heavy (non-hydrogen) atoms. The average molecular weight is 228 g/mol. The molecule has 0 bridgehead atoms. The van der Waals surface area contributed by atoms with Crippen molar-refractivity contribution >= 4 is 14.3 Å². The van der Waals surface area contributed by atoms with E-state index in [-0.39, 0.29) is 0 Å². The van der Waals surface area contributed by atoms with Gasteiger partial charge in [-0.05, 0) is 0 Å². The Morgan fingerprint density at radius 3 is 1.83 bits per heavy atom. The van der Waals surface area contributed by atoms with Gasteiger partial charge < -0.3 is 0 Å². The van der Waals surface area contributed by atoms with Crippen LogP contribution in [0.25, 0.3) is 0 Å². The molecule has 0 fully saturated rings. The van der Waals surface area contributed by atoms with Gasteiger partial charge in [0.1, 0.15) is 0 Å². The van der Waals surface area contributed by atoms with E-state index in [1.807, 2.05) is 4.41 Å². The molecule has 0 nitrogen and oxygen atoms in total. The van der Waals surface area contributed by atoms with Gasteiger partial charge in [0.05, 0.1) is 0 Å². The SMILES string of the molecule is CC=[C](CC)[Ge]([CH2]CC)[CH2]CC. The van der Waals surface area contributed by atoms with E-state index in [2.05, 4.69) is 33.8 Å². The molecule has 0 unspecified atom stereocenters. The average Bonchev–Trinajstić information content (AvgIpc) is 2.07. The van der Waals surface area contributed by atoms with Crippen molar-refractivity contribution in [2.45, 2.75) is 57.5 Å². The van der Waals surface area contributed by atoms with E-state index in [9.17, 15) is 0 Å². The summed E-state index contributed by atoms with van der Waals surface area (Å²) < 4.78 is 1.83. The van der Waals surface area contributed by atoms with Crippen molar-refractivity contribution in [3.63, 3.8) is 0 Å². The Morgan fingerprint density at radius 1 is 1.08 bits per heavy atom. The van der Waals surface area contributed by atoms with Crippen molar-refractivity contribution in [3.05, 3.63) is 10.5 Å². The number of rotatable bonds is 6. The molecule has 0 spiro atoms. The van der Waals surface area contributed by atoms with E-state index in [1.54, 1.807) is 10.5 Å². The monoisotopic (exact) mass is 229 g/mol. The molecule has 0 aromatic rings. The van der Waals surface area contributed by atoms with Crippen LogP contribution in [0.4, 0.5) is 0 Å². The molecule has 0 saturated heterocycles. The van der Waals surface area contributed by atoms with E-state index < -0.39 is 14.3 Å². The Hall–Kier alpha value is 0.283. The zero-order valence-corrected chi connectivity index (χ0v) is 11.2. The van der Waals surface area contributed by atoms with Crippen molar-refractivity contribution in [2.24, 2.45) is 0 Å². The van der Waals surface area contributed by atoms with Crippen LogP contribution in [0, 0.1) is 0 Å². The molecule has 0 saturated carbocycles. The topological polar surface area (TPSA) is 0 Å². The van der Waals surface area contributed by atoms with Gasteiger partial charge in [-0.1, -0.05) is 0 Å². The fourth-order valence-corrected chi connectivity index (χ4v) is 8.02. The van der Waals surface area contributed by atoms with Crippen LogP contribution >= 0.6 is 0 Å². The van der Waals surface area contributed by atoms with Crippen LogP contribution in [0.2, 0.25) is 10.5 Å². The molecule has 0 amide bonds. The summed E-state index contributed by atoms with van der Waals surface area (Å²) in [5, 5.41) is 3.09. The Morgan fingerprint density at radius 2 is 1.58 bits per heavy atom. The summed E-state index contributed by atoms with van der Waals surface area (Å²) in [6.45, 7) is 9.18. The Labute approximate surface area is 82.5 Å². The predicted octanol–water partition coefficient (Wildman–Crippen LogP) is 4.20. The Kier molecular flexibility index (Phi) is 8.09. The number of allylic oxidation sites excluding steroid dienone is 2. The summed E-state index contributed by atoms with van der Waals surface area (Å²) in [4.78, 5) is 0. The first-order valence-electron chi connectivity index (χ1n) is 5.30. The summed E-state index contributed by atoms with van der Waals surface area (Å²) >= 11 is -0.759. The minimum atomic E-state index is -0.759. The summed E-state index contributed by atoms with van der Waals surface area (Å²) in [7, 11) is 0. The zero-order valence-electron chi connectivity index (χ0n) is 9.11. The van der Waals surface area contributed by atoms with Crippen LogP contribution in [-0.2, 0) is 0 Å². The van der Waals surface area contributed by atoms with Gasteiger partial charge in [0.25, 0.3) is 0 Å². The van der Waals surface area contributed by atoms with Crippen LogP contribution in [0.3, 0.4) is 0 Å². The third-order valence-electron chi connectivity index (χ3n) is 2.29. The molecule has 71 valence electrons. The minimum absolute atomic E-state index is 0.759. The first kappa shape index (κ1) is 12.3. The summed E-state index contributed by atoms with van der Waals surface area (Å²) in [6.07, 6.45) is 6.49. The van der Waals surface area contributed by atoms with Crippen LogP contribution in [0.15, 0.2) is 10.5 Å². The molecular formula is C11H23Ge. The zero-order chi connectivity index (χ0) is 9.40. The van der Waals surface area contributed by atoms with Crippen molar-refractivity contribution in [3.8, 4) is 0 Å². The van der Waals surface area contributed by atoms with Gasteiger partial charge in [-0.15, -0.1) is 0 Å². The molecule has 0 aliphatic carbocycles. The standard InChI is InChI=1S/C11H23Ge/c1-5-9-12(10-6-2)11(7-3)8-4/h7H,5-6,8-10H2,1-4H3. The van der Waals surface area contributed by atoms with Gasteiger partial charge in [-0.25, -0.2) is 0 Å². The second-order valence-electron chi connectivity index (χ2n) is 3.27. The van der Waals surface area contributed by atoms with Crippen molar-refractivity contribution < 1.29 is 0 Å². The van der Waals surface area contributed by atoms with Gasteiger partial charge in [0, 0.05) is 0 Å².